The molecule has 1 aromatic carbocycles. The van der Waals surface area contributed by atoms with E-state index in [-0.39, 0.29) is 12.3 Å². The molecule has 0 aliphatic rings. The van der Waals surface area contributed by atoms with E-state index in [1.165, 1.54) is 11.6 Å². The summed E-state index contributed by atoms with van der Waals surface area (Å²) in [5.74, 6) is -0.0234. The van der Waals surface area contributed by atoms with Gasteiger partial charge in [-0.3, -0.25) is 0 Å². The van der Waals surface area contributed by atoms with Crippen molar-refractivity contribution in [2.24, 2.45) is 0 Å². The number of nitrogens with zero attached hydrogens (tertiary/aromatic N) is 1. The van der Waals surface area contributed by atoms with Gasteiger partial charge < -0.3 is 14.4 Å². The van der Waals surface area contributed by atoms with Crippen LogP contribution in [0.1, 0.15) is 28.7 Å². The topological polar surface area (TPSA) is 72.6 Å². The summed E-state index contributed by atoms with van der Waals surface area (Å²) in [5, 5.41) is 12.1. The maximum absolute atomic E-state index is 10.6. The molecule has 0 aliphatic heterocycles. The number of hydrogen-bond acceptors (Lipinski definition) is 4. The van der Waals surface area contributed by atoms with Crippen molar-refractivity contribution < 1.29 is 19.2 Å². The van der Waals surface area contributed by atoms with Crippen LogP contribution in [0.3, 0.4) is 0 Å². The van der Waals surface area contributed by atoms with Crippen molar-refractivity contribution in [2.45, 2.75) is 20.0 Å². The first-order chi connectivity index (χ1) is 8.69. The standard InChI is InChI=1S/C13H13NO4/c1-2-9-3-5-10(6-4-9)17-8-11-7-12(13(15)16)14-18-11/h3-7H,2,8H2,1H3,(H,15,16). The normalized spacial score (nSPS) is 10.3. The van der Waals surface area contributed by atoms with Gasteiger partial charge in [-0.15, -0.1) is 0 Å². The first kappa shape index (κ1) is 12.2. The Morgan fingerprint density at radius 2 is 2.11 bits per heavy atom. The number of hydrogen-bond donors (Lipinski definition) is 1. The molecule has 5 heteroatoms. The highest BCUT2D eigenvalue weighted by Crippen LogP contribution is 2.15. The molecule has 0 unspecified atom stereocenters. The van der Waals surface area contributed by atoms with E-state index in [0.717, 1.165) is 6.42 Å². The number of aromatic nitrogens is 1. The van der Waals surface area contributed by atoms with Crippen LogP contribution in [0.15, 0.2) is 34.9 Å². The van der Waals surface area contributed by atoms with Gasteiger partial charge in [-0.25, -0.2) is 4.79 Å². The van der Waals surface area contributed by atoms with Crippen molar-refractivity contribution >= 4 is 5.97 Å². The Labute approximate surface area is 104 Å². The van der Waals surface area contributed by atoms with Gasteiger partial charge >= 0.3 is 5.97 Å². The molecule has 0 radical (unpaired) electrons. The third-order valence-electron chi connectivity index (χ3n) is 2.49. The summed E-state index contributed by atoms with van der Waals surface area (Å²) in [6, 6.07) is 9.06. The van der Waals surface area contributed by atoms with Crippen LogP contribution in [0.25, 0.3) is 0 Å². The molecule has 0 saturated carbocycles. The number of carbonyl (C=O) groups is 1. The summed E-state index contributed by atoms with van der Waals surface area (Å²) in [4.78, 5) is 10.6. The number of benzene rings is 1. The van der Waals surface area contributed by atoms with Crippen molar-refractivity contribution in [3.05, 3.63) is 47.3 Å². The molecule has 0 bridgehead atoms. The second-order valence-corrected chi connectivity index (χ2v) is 3.77. The van der Waals surface area contributed by atoms with Crippen molar-refractivity contribution in [1.29, 1.82) is 0 Å². The van der Waals surface area contributed by atoms with E-state index >= 15 is 0 Å². The Morgan fingerprint density at radius 1 is 1.39 bits per heavy atom. The van der Waals surface area contributed by atoms with Crippen LogP contribution in [0.2, 0.25) is 0 Å². The molecule has 1 heterocycles. The molecule has 1 N–H and O–H groups in total. The van der Waals surface area contributed by atoms with Gasteiger partial charge in [0.15, 0.2) is 11.5 Å². The van der Waals surface area contributed by atoms with Gasteiger partial charge in [0, 0.05) is 6.07 Å². The van der Waals surface area contributed by atoms with Crippen LogP contribution in [0.5, 0.6) is 5.75 Å². The first-order valence-electron chi connectivity index (χ1n) is 5.59. The van der Waals surface area contributed by atoms with Gasteiger partial charge in [0.1, 0.15) is 12.4 Å². The molecule has 0 spiro atoms. The monoisotopic (exact) mass is 247 g/mol. The minimum absolute atomic E-state index is 0.116. The zero-order valence-electron chi connectivity index (χ0n) is 9.92. The summed E-state index contributed by atoms with van der Waals surface area (Å²) in [5.41, 5.74) is 1.12. The predicted octanol–water partition coefficient (Wildman–Crippen LogP) is 2.51. The smallest absolute Gasteiger partial charge is 0.358 e. The summed E-state index contributed by atoms with van der Waals surface area (Å²) in [6.45, 7) is 2.24. The lowest BCUT2D eigenvalue weighted by molar-refractivity contribution is 0.0685. The van der Waals surface area contributed by atoms with Crippen molar-refractivity contribution in [1.82, 2.24) is 5.16 Å². The lowest BCUT2D eigenvalue weighted by Gasteiger charge is -2.04. The molecule has 0 atom stereocenters. The Bertz CT molecular complexity index is 530. The number of carboxylic acids is 1. The van der Waals surface area contributed by atoms with Gasteiger partial charge in [-0.1, -0.05) is 24.2 Å². The molecule has 0 fully saturated rings. The molecule has 0 aliphatic carbocycles. The molecule has 0 amide bonds. The third kappa shape index (κ3) is 2.88. The second kappa shape index (κ2) is 5.35. The zero-order chi connectivity index (χ0) is 13.0. The van der Waals surface area contributed by atoms with Crippen molar-refractivity contribution in [3.8, 4) is 5.75 Å². The first-order valence-corrected chi connectivity index (χ1v) is 5.59. The summed E-state index contributed by atoms with van der Waals surface area (Å²) < 4.78 is 10.3. The molecule has 94 valence electrons. The largest absolute Gasteiger partial charge is 0.486 e. The summed E-state index contributed by atoms with van der Waals surface area (Å²) >= 11 is 0. The number of carboxylic acid groups (broad SMARTS) is 1. The average Bonchev–Trinajstić information content (AvgIpc) is 2.86. The highest BCUT2D eigenvalue weighted by atomic mass is 16.5. The average molecular weight is 247 g/mol. The maximum Gasteiger partial charge on any atom is 0.358 e. The fourth-order valence-corrected chi connectivity index (χ4v) is 1.46. The molecular formula is C13H13NO4. The number of rotatable bonds is 5. The van der Waals surface area contributed by atoms with E-state index < -0.39 is 5.97 Å². The molecular weight excluding hydrogens is 234 g/mol. The molecule has 0 saturated heterocycles. The SMILES string of the molecule is CCc1ccc(OCc2cc(C(=O)O)no2)cc1. The van der Waals surface area contributed by atoms with E-state index in [4.69, 9.17) is 14.4 Å². The van der Waals surface area contributed by atoms with Gasteiger partial charge in [0.25, 0.3) is 0 Å². The fraction of sp³-hybridized carbons (Fsp3) is 0.231. The predicted molar refractivity (Wildman–Crippen MR) is 63.6 cm³/mol. The Kier molecular flexibility index (Phi) is 3.62. The number of aromatic carboxylic acids is 1. The molecule has 18 heavy (non-hydrogen) atoms. The Hall–Kier alpha value is -2.30. The molecule has 1 aromatic heterocycles. The minimum Gasteiger partial charge on any atom is -0.486 e. The quantitative estimate of drug-likeness (QED) is 0.878. The van der Waals surface area contributed by atoms with Crippen LogP contribution in [0.4, 0.5) is 0 Å². The van der Waals surface area contributed by atoms with E-state index in [1.54, 1.807) is 0 Å². The summed E-state index contributed by atoms with van der Waals surface area (Å²) in [6.07, 6.45) is 0.977. The van der Waals surface area contributed by atoms with Crippen LogP contribution in [-0.2, 0) is 13.0 Å². The lowest BCUT2D eigenvalue weighted by atomic mass is 10.2. The van der Waals surface area contributed by atoms with Crippen molar-refractivity contribution in [2.75, 3.05) is 0 Å². The number of ether oxygens (including phenoxy) is 1. The highest BCUT2D eigenvalue weighted by Gasteiger charge is 2.10. The Balaban J connectivity index is 1.95. The van der Waals surface area contributed by atoms with E-state index in [1.807, 2.05) is 24.3 Å². The van der Waals surface area contributed by atoms with Crippen molar-refractivity contribution in [3.63, 3.8) is 0 Å². The van der Waals surface area contributed by atoms with Gasteiger partial charge in [0.2, 0.25) is 0 Å². The number of aryl methyl sites for hydroxylation is 1. The van der Waals surface area contributed by atoms with E-state index in [2.05, 4.69) is 12.1 Å². The fourth-order valence-electron chi connectivity index (χ4n) is 1.46. The maximum atomic E-state index is 10.6. The van der Waals surface area contributed by atoms with Gasteiger partial charge in [0.05, 0.1) is 0 Å². The van der Waals surface area contributed by atoms with Gasteiger partial charge in [-0.05, 0) is 24.1 Å². The van der Waals surface area contributed by atoms with E-state index in [0.29, 0.717) is 11.5 Å². The third-order valence-corrected chi connectivity index (χ3v) is 2.49. The van der Waals surface area contributed by atoms with Gasteiger partial charge in [-0.2, -0.15) is 0 Å². The zero-order valence-corrected chi connectivity index (χ0v) is 9.92. The molecule has 2 rings (SSSR count). The van der Waals surface area contributed by atoms with Crippen LogP contribution in [-0.4, -0.2) is 16.2 Å². The summed E-state index contributed by atoms with van der Waals surface area (Å²) in [7, 11) is 0. The lowest BCUT2D eigenvalue weighted by Crippen LogP contribution is -1.96. The molecule has 2 aromatic rings. The van der Waals surface area contributed by atoms with Crippen LogP contribution in [0, 0.1) is 0 Å². The Morgan fingerprint density at radius 3 is 2.67 bits per heavy atom. The molecule has 5 nitrogen and oxygen atoms in total. The minimum atomic E-state index is -1.11. The second-order valence-electron chi connectivity index (χ2n) is 3.77. The van der Waals surface area contributed by atoms with E-state index in [9.17, 15) is 4.79 Å². The van der Waals surface area contributed by atoms with Crippen LogP contribution >= 0.6 is 0 Å². The highest BCUT2D eigenvalue weighted by molar-refractivity contribution is 5.85. The van der Waals surface area contributed by atoms with Crippen LogP contribution < -0.4 is 4.74 Å².